The third-order valence-corrected chi connectivity index (χ3v) is 2.41. The van der Waals surface area contributed by atoms with Crippen molar-refractivity contribution in [2.75, 3.05) is 0 Å². The largest absolute Gasteiger partial charge is 0.351 e. The maximum absolute atomic E-state index is 13.1. The van der Waals surface area contributed by atoms with Gasteiger partial charge >= 0.3 is 0 Å². The van der Waals surface area contributed by atoms with Crippen molar-refractivity contribution < 1.29 is 13.7 Å². The quantitative estimate of drug-likeness (QED) is 0.779. The number of carbonyl (C=O) groups is 1. The second-order valence-corrected chi connectivity index (χ2v) is 3.40. The zero-order valence-corrected chi connectivity index (χ0v) is 7.57. The smallest absolute Gasteiger partial charge is 0.290 e. The van der Waals surface area contributed by atoms with Gasteiger partial charge in [-0.15, -0.1) is 0 Å². The van der Waals surface area contributed by atoms with E-state index in [9.17, 15) is 9.18 Å². The van der Waals surface area contributed by atoms with Crippen LogP contribution in [0.5, 0.6) is 0 Å². The van der Waals surface area contributed by atoms with Crippen molar-refractivity contribution in [1.82, 2.24) is 10.5 Å². The topological polar surface area (TPSA) is 55.1 Å². The van der Waals surface area contributed by atoms with Gasteiger partial charge < -0.3 is 9.84 Å². The maximum Gasteiger partial charge on any atom is 0.290 e. The third kappa shape index (κ3) is 1.76. The van der Waals surface area contributed by atoms with E-state index in [4.69, 9.17) is 0 Å². The molecule has 1 aromatic rings. The number of hydrogen-bond donors (Lipinski definition) is 1. The average Bonchev–Trinajstić information content (AvgIpc) is 2.77. The van der Waals surface area contributed by atoms with Crippen LogP contribution in [0.15, 0.2) is 16.8 Å². The minimum Gasteiger partial charge on any atom is -0.351 e. The molecule has 14 heavy (non-hydrogen) atoms. The molecule has 1 aromatic heterocycles. The average molecular weight is 198 g/mol. The molecule has 1 aliphatic carbocycles. The van der Waals surface area contributed by atoms with Crippen LogP contribution in [0.25, 0.3) is 0 Å². The highest BCUT2D eigenvalue weighted by Gasteiger charge is 2.29. The second kappa shape index (κ2) is 3.77. The molecule has 1 aliphatic rings. The van der Waals surface area contributed by atoms with Gasteiger partial charge in [-0.25, -0.2) is 4.39 Å². The van der Waals surface area contributed by atoms with Crippen LogP contribution in [0.2, 0.25) is 0 Å². The van der Waals surface area contributed by atoms with Crippen molar-refractivity contribution in [3.63, 3.8) is 0 Å². The summed E-state index contributed by atoms with van der Waals surface area (Å²) in [6.45, 7) is 0. The fourth-order valence-corrected chi connectivity index (χ4v) is 1.65. The molecule has 1 heterocycles. The van der Waals surface area contributed by atoms with Gasteiger partial charge in [0.2, 0.25) is 5.76 Å². The lowest BCUT2D eigenvalue weighted by atomic mass is 10.2. The lowest BCUT2D eigenvalue weighted by Crippen LogP contribution is -2.38. The normalized spacial score (nSPS) is 26.4. The first-order valence-corrected chi connectivity index (χ1v) is 4.63. The number of carbonyl (C=O) groups excluding carboxylic acids is 1. The van der Waals surface area contributed by atoms with Crippen LogP contribution in [-0.4, -0.2) is 23.3 Å². The van der Waals surface area contributed by atoms with E-state index in [0.29, 0.717) is 12.8 Å². The summed E-state index contributed by atoms with van der Waals surface area (Å²) in [6.07, 6.45) is 2.50. The lowest BCUT2D eigenvalue weighted by molar-refractivity contribution is 0.0882. The molecule has 1 amide bonds. The summed E-state index contributed by atoms with van der Waals surface area (Å²) < 4.78 is 17.8. The molecule has 2 atom stereocenters. The van der Waals surface area contributed by atoms with E-state index in [1.807, 2.05) is 0 Å². The summed E-state index contributed by atoms with van der Waals surface area (Å²) in [5.41, 5.74) is 0. The number of rotatable bonds is 2. The fourth-order valence-electron chi connectivity index (χ4n) is 1.65. The van der Waals surface area contributed by atoms with Crippen LogP contribution in [0.3, 0.4) is 0 Å². The Kier molecular flexibility index (Phi) is 2.47. The molecular formula is C9H11FN2O2. The van der Waals surface area contributed by atoms with Gasteiger partial charge in [-0.3, -0.25) is 4.79 Å². The molecule has 2 rings (SSSR count). The molecule has 0 saturated heterocycles. The van der Waals surface area contributed by atoms with E-state index in [2.05, 4.69) is 15.0 Å². The molecule has 0 aromatic carbocycles. The number of alkyl halides is 1. The summed E-state index contributed by atoms with van der Waals surface area (Å²) in [5, 5.41) is 5.99. The predicted octanol–water partition coefficient (Wildman–Crippen LogP) is 1.29. The van der Waals surface area contributed by atoms with Crippen LogP contribution >= 0.6 is 0 Å². The first kappa shape index (κ1) is 9.18. The van der Waals surface area contributed by atoms with Crippen LogP contribution in [0.4, 0.5) is 4.39 Å². The Morgan fingerprint density at radius 3 is 3.07 bits per heavy atom. The molecule has 0 bridgehead atoms. The highest BCUT2D eigenvalue weighted by atomic mass is 19.1. The lowest BCUT2D eigenvalue weighted by Gasteiger charge is -2.12. The SMILES string of the molecule is O=C(NC1CCCC1F)c1ccno1. The van der Waals surface area contributed by atoms with Crippen molar-refractivity contribution in [1.29, 1.82) is 0 Å². The second-order valence-electron chi connectivity index (χ2n) is 3.40. The monoisotopic (exact) mass is 198 g/mol. The van der Waals surface area contributed by atoms with E-state index in [0.717, 1.165) is 6.42 Å². The molecule has 1 fully saturated rings. The van der Waals surface area contributed by atoms with Gasteiger partial charge in [0.05, 0.1) is 12.2 Å². The fraction of sp³-hybridized carbons (Fsp3) is 0.556. The van der Waals surface area contributed by atoms with Crippen molar-refractivity contribution in [3.8, 4) is 0 Å². The molecule has 0 aliphatic heterocycles. The van der Waals surface area contributed by atoms with Gasteiger partial charge in [-0.2, -0.15) is 0 Å². The standard InChI is InChI=1S/C9H11FN2O2/c10-6-2-1-3-7(6)12-9(13)8-4-5-11-14-8/h4-7H,1-3H2,(H,12,13). The Morgan fingerprint density at radius 2 is 2.50 bits per heavy atom. The van der Waals surface area contributed by atoms with Crippen LogP contribution in [0, 0.1) is 0 Å². The Balaban J connectivity index is 1.95. The number of halogens is 1. The van der Waals surface area contributed by atoms with Crippen LogP contribution in [0.1, 0.15) is 29.8 Å². The molecule has 76 valence electrons. The van der Waals surface area contributed by atoms with Gasteiger partial charge in [-0.1, -0.05) is 5.16 Å². The first-order chi connectivity index (χ1) is 6.77. The van der Waals surface area contributed by atoms with Crippen LogP contribution < -0.4 is 5.32 Å². The molecule has 1 N–H and O–H groups in total. The zero-order valence-electron chi connectivity index (χ0n) is 7.57. The van der Waals surface area contributed by atoms with Crippen molar-refractivity contribution in [2.45, 2.75) is 31.5 Å². The van der Waals surface area contributed by atoms with E-state index in [-0.39, 0.29) is 11.8 Å². The molecule has 1 saturated carbocycles. The van der Waals surface area contributed by atoms with Crippen molar-refractivity contribution >= 4 is 5.91 Å². The Bertz CT molecular complexity index is 313. The van der Waals surface area contributed by atoms with E-state index >= 15 is 0 Å². The van der Waals surface area contributed by atoms with E-state index in [1.54, 1.807) is 0 Å². The van der Waals surface area contributed by atoms with Gasteiger partial charge in [0.1, 0.15) is 6.17 Å². The molecule has 5 heteroatoms. The summed E-state index contributed by atoms with van der Waals surface area (Å²) >= 11 is 0. The molecule has 0 radical (unpaired) electrons. The first-order valence-electron chi connectivity index (χ1n) is 4.63. The van der Waals surface area contributed by atoms with Gasteiger partial charge in [0.25, 0.3) is 5.91 Å². The molecule has 0 spiro atoms. The van der Waals surface area contributed by atoms with Gasteiger partial charge in [0.15, 0.2) is 0 Å². The molecule has 2 unspecified atom stereocenters. The molecule has 4 nitrogen and oxygen atoms in total. The highest BCUT2D eigenvalue weighted by Crippen LogP contribution is 2.22. The van der Waals surface area contributed by atoms with E-state index < -0.39 is 12.1 Å². The number of hydrogen-bond acceptors (Lipinski definition) is 3. The number of nitrogens with one attached hydrogen (secondary N) is 1. The Morgan fingerprint density at radius 1 is 1.64 bits per heavy atom. The Hall–Kier alpha value is -1.39. The minimum absolute atomic E-state index is 0.129. The van der Waals surface area contributed by atoms with Gasteiger partial charge in [0, 0.05) is 6.07 Å². The summed E-state index contributed by atoms with van der Waals surface area (Å²) in [5.74, 6) is -0.263. The summed E-state index contributed by atoms with van der Waals surface area (Å²) in [6, 6.07) is 1.09. The Labute approximate surface area is 80.5 Å². The summed E-state index contributed by atoms with van der Waals surface area (Å²) in [7, 11) is 0. The van der Waals surface area contributed by atoms with Gasteiger partial charge in [-0.05, 0) is 19.3 Å². The highest BCUT2D eigenvalue weighted by molar-refractivity contribution is 5.91. The summed E-state index contributed by atoms with van der Waals surface area (Å²) in [4.78, 5) is 11.4. The number of amides is 1. The van der Waals surface area contributed by atoms with E-state index in [1.165, 1.54) is 12.3 Å². The van der Waals surface area contributed by atoms with Crippen molar-refractivity contribution in [2.24, 2.45) is 0 Å². The minimum atomic E-state index is -0.929. The zero-order chi connectivity index (χ0) is 9.97. The third-order valence-electron chi connectivity index (χ3n) is 2.41. The van der Waals surface area contributed by atoms with Crippen LogP contribution in [-0.2, 0) is 0 Å². The van der Waals surface area contributed by atoms with Crippen molar-refractivity contribution in [3.05, 3.63) is 18.0 Å². The number of aromatic nitrogens is 1. The predicted molar refractivity (Wildman–Crippen MR) is 46.5 cm³/mol. The maximum atomic E-state index is 13.1. The molecular weight excluding hydrogens is 187 g/mol. The number of nitrogens with zero attached hydrogens (tertiary/aromatic N) is 1.